The molecule has 1 aliphatic heterocycles. The first-order chi connectivity index (χ1) is 17.8. The molecule has 0 unspecified atom stereocenters. The largest absolute Gasteiger partial charge is 0.456 e. The van der Waals surface area contributed by atoms with Crippen molar-refractivity contribution in [3.8, 4) is 33.4 Å². The van der Waals surface area contributed by atoms with Gasteiger partial charge in [-0.1, -0.05) is 90.6 Å². The van der Waals surface area contributed by atoms with Gasteiger partial charge in [-0.05, 0) is 81.2 Å². The maximum atomic E-state index is 6.04. The van der Waals surface area contributed by atoms with Gasteiger partial charge in [0.1, 0.15) is 11.2 Å². The first-order valence-corrected chi connectivity index (χ1v) is 13.0. The minimum atomic E-state index is 0.928. The van der Waals surface area contributed by atoms with E-state index in [9.17, 15) is 0 Å². The zero-order valence-electron chi connectivity index (χ0n) is 19.4. The van der Waals surface area contributed by atoms with Crippen LogP contribution in [0.3, 0.4) is 0 Å². The van der Waals surface area contributed by atoms with Crippen LogP contribution in [0, 0.1) is 0 Å². The summed E-state index contributed by atoms with van der Waals surface area (Å²) >= 11 is 1.87. The second-order valence-corrected chi connectivity index (χ2v) is 10.4. The van der Waals surface area contributed by atoms with E-state index in [4.69, 9.17) is 4.42 Å². The number of para-hydroxylation sites is 1. The third-order valence-electron chi connectivity index (χ3n) is 7.26. The monoisotopic (exact) mass is 476 g/mol. The predicted molar refractivity (Wildman–Crippen MR) is 152 cm³/mol. The Morgan fingerprint density at radius 3 is 2.08 bits per heavy atom. The lowest BCUT2D eigenvalue weighted by Gasteiger charge is -2.21. The minimum absolute atomic E-state index is 0.928. The highest BCUT2D eigenvalue weighted by Gasteiger charge is 2.19. The molecule has 1 aromatic heterocycles. The van der Waals surface area contributed by atoms with Gasteiger partial charge in [0.05, 0.1) is 0 Å². The zero-order valence-corrected chi connectivity index (χ0v) is 20.2. The van der Waals surface area contributed by atoms with Crippen LogP contribution in [-0.2, 0) is 0 Å². The average molecular weight is 477 g/mol. The molecule has 1 aliphatic rings. The van der Waals surface area contributed by atoms with Gasteiger partial charge in [-0.3, -0.25) is 0 Å². The molecule has 2 heterocycles. The van der Waals surface area contributed by atoms with Crippen molar-refractivity contribution in [3.05, 3.63) is 121 Å². The molecule has 0 spiro atoms. The molecule has 168 valence electrons. The van der Waals surface area contributed by atoms with E-state index in [2.05, 4.69) is 109 Å². The van der Waals surface area contributed by atoms with E-state index in [1.165, 1.54) is 53.9 Å². The van der Waals surface area contributed by atoms with Crippen LogP contribution in [0.15, 0.2) is 136 Å². The van der Waals surface area contributed by atoms with E-state index in [0.29, 0.717) is 0 Å². The van der Waals surface area contributed by atoms with Gasteiger partial charge in [0.25, 0.3) is 0 Å². The van der Waals surface area contributed by atoms with E-state index >= 15 is 0 Å². The molecule has 0 saturated carbocycles. The van der Waals surface area contributed by atoms with E-state index in [1.54, 1.807) is 0 Å². The van der Waals surface area contributed by atoms with Gasteiger partial charge in [0.15, 0.2) is 0 Å². The lowest BCUT2D eigenvalue weighted by atomic mass is 9.93. The SMILES string of the molecule is c1cc(-c2ccc3c(c2)-c2cccc4cccc(c24)S3)cc(-c2ccc3oc4ccccc4c3c2)c1. The van der Waals surface area contributed by atoms with Crippen molar-refractivity contribution in [1.29, 1.82) is 0 Å². The molecule has 36 heavy (non-hydrogen) atoms. The predicted octanol–water partition coefficient (Wildman–Crippen LogP) is 10.2. The van der Waals surface area contributed by atoms with Crippen LogP contribution in [0.25, 0.3) is 66.1 Å². The summed E-state index contributed by atoms with van der Waals surface area (Å²) in [4.78, 5) is 2.66. The Morgan fingerprint density at radius 1 is 0.444 bits per heavy atom. The van der Waals surface area contributed by atoms with Gasteiger partial charge in [-0.15, -0.1) is 0 Å². The first-order valence-electron chi connectivity index (χ1n) is 12.2. The number of benzene rings is 6. The van der Waals surface area contributed by atoms with Gasteiger partial charge >= 0.3 is 0 Å². The van der Waals surface area contributed by atoms with Gasteiger partial charge < -0.3 is 4.42 Å². The molecule has 8 rings (SSSR count). The van der Waals surface area contributed by atoms with Crippen LogP contribution in [0.4, 0.5) is 0 Å². The molecule has 0 atom stereocenters. The van der Waals surface area contributed by atoms with E-state index < -0.39 is 0 Å². The first kappa shape index (κ1) is 20.0. The molecule has 6 aromatic carbocycles. The Bertz CT molecular complexity index is 1970. The van der Waals surface area contributed by atoms with Crippen LogP contribution in [0.5, 0.6) is 0 Å². The standard InChI is InChI=1S/C34H20OS/c1-2-12-30-26(10-1)28-19-24(14-16-31(28)35-30)22-8-3-9-23(18-22)25-15-17-32-29(20-25)27-11-4-6-21-7-5-13-33(36-32)34(21)27/h1-20H. The summed E-state index contributed by atoms with van der Waals surface area (Å²) in [5.74, 6) is 0. The zero-order chi connectivity index (χ0) is 23.6. The maximum Gasteiger partial charge on any atom is 0.135 e. The maximum absolute atomic E-state index is 6.04. The fourth-order valence-corrected chi connectivity index (χ4v) is 6.66. The average Bonchev–Trinajstić information content (AvgIpc) is 3.31. The Morgan fingerprint density at radius 2 is 1.17 bits per heavy atom. The van der Waals surface area contributed by atoms with E-state index in [-0.39, 0.29) is 0 Å². The summed E-state index contributed by atoms with van der Waals surface area (Å²) in [7, 11) is 0. The molecule has 0 amide bonds. The highest BCUT2D eigenvalue weighted by molar-refractivity contribution is 7.99. The van der Waals surface area contributed by atoms with Crippen molar-refractivity contribution in [3.63, 3.8) is 0 Å². The number of furan rings is 1. The van der Waals surface area contributed by atoms with Crippen LogP contribution in [0.1, 0.15) is 0 Å². The van der Waals surface area contributed by atoms with Crippen molar-refractivity contribution in [2.45, 2.75) is 9.79 Å². The third kappa shape index (κ3) is 2.98. The van der Waals surface area contributed by atoms with Crippen molar-refractivity contribution >= 4 is 44.5 Å². The van der Waals surface area contributed by atoms with Gasteiger partial charge in [-0.2, -0.15) is 0 Å². The normalized spacial score (nSPS) is 12.3. The number of hydrogen-bond acceptors (Lipinski definition) is 2. The summed E-state index contributed by atoms with van der Waals surface area (Å²) in [6.07, 6.45) is 0. The van der Waals surface area contributed by atoms with Crippen molar-refractivity contribution in [2.75, 3.05) is 0 Å². The number of rotatable bonds is 2. The summed E-state index contributed by atoms with van der Waals surface area (Å²) in [5.41, 5.74) is 9.37. The second-order valence-electron chi connectivity index (χ2n) is 9.36. The van der Waals surface area contributed by atoms with E-state index in [1.807, 2.05) is 23.9 Å². The molecule has 1 nitrogen and oxygen atoms in total. The second kappa shape index (κ2) is 7.61. The number of fused-ring (bicyclic) bond motifs is 5. The summed E-state index contributed by atoms with van der Waals surface area (Å²) < 4.78 is 6.04. The quantitative estimate of drug-likeness (QED) is 0.246. The fraction of sp³-hybridized carbons (Fsp3) is 0. The Balaban J connectivity index is 1.25. The van der Waals surface area contributed by atoms with Crippen LogP contribution < -0.4 is 0 Å². The topological polar surface area (TPSA) is 13.1 Å². The molecule has 0 radical (unpaired) electrons. The Kier molecular flexibility index (Phi) is 4.22. The summed E-state index contributed by atoms with van der Waals surface area (Å²) in [6, 6.07) is 43.7. The number of hydrogen-bond donors (Lipinski definition) is 0. The van der Waals surface area contributed by atoms with Crippen LogP contribution >= 0.6 is 11.8 Å². The highest BCUT2D eigenvalue weighted by Crippen LogP contribution is 2.48. The molecule has 7 aromatic rings. The molecular formula is C34H20OS. The van der Waals surface area contributed by atoms with Gasteiger partial charge in [0, 0.05) is 25.9 Å². The molecule has 2 heteroatoms. The smallest absolute Gasteiger partial charge is 0.135 e. The van der Waals surface area contributed by atoms with Gasteiger partial charge in [0.2, 0.25) is 0 Å². The van der Waals surface area contributed by atoms with Crippen molar-refractivity contribution in [1.82, 2.24) is 0 Å². The third-order valence-corrected chi connectivity index (χ3v) is 8.40. The summed E-state index contributed by atoms with van der Waals surface area (Å²) in [5, 5.41) is 4.99. The van der Waals surface area contributed by atoms with E-state index in [0.717, 1.165) is 21.9 Å². The lowest BCUT2D eigenvalue weighted by molar-refractivity contribution is 0.669. The van der Waals surface area contributed by atoms with Gasteiger partial charge in [-0.25, -0.2) is 0 Å². The molecule has 0 bridgehead atoms. The lowest BCUT2D eigenvalue weighted by Crippen LogP contribution is -1.93. The highest BCUT2D eigenvalue weighted by atomic mass is 32.2. The molecular weight excluding hydrogens is 456 g/mol. The Hall–Kier alpha value is -4.27. The minimum Gasteiger partial charge on any atom is -0.456 e. The van der Waals surface area contributed by atoms with Crippen molar-refractivity contribution in [2.24, 2.45) is 0 Å². The molecule has 0 aliphatic carbocycles. The molecule has 0 fully saturated rings. The molecule has 0 N–H and O–H groups in total. The van der Waals surface area contributed by atoms with Crippen LogP contribution in [-0.4, -0.2) is 0 Å². The Labute approximate surface area is 213 Å². The fourth-order valence-electron chi connectivity index (χ4n) is 5.53. The molecule has 0 saturated heterocycles. The van der Waals surface area contributed by atoms with Crippen molar-refractivity contribution < 1.29 is 4.42 Å². The summed E-state index contributed by atoms with van der Waals surface area (Å²) in [6.45, 7) is 0. The van der Waals surface area contributed by atoms with Crippen LogP contribution in [0.2, 0.25) is 0 Å².